The van der Waals surface area contributed by atoms with Gasteiger partial charge in [0.2, 0.25) is 0 Å². The fourth-order valence-corrected chi connectivity index (χ4v) is 2.57. The van der Waals surface area contributed by atoms with E-state index >= 15 is 0 Å². The van der Waals surface area contributed by atoms with E-state index in [4.69, 9.17) is 11.6 Å². The number of benzene rings is 2. The lowest BCUT2D eigenvalue weighted by Gasteiger charge is -2.07. The van der Waals surface area contributed by atoms with Gasteiger partial charge in [0.15, 0.2) is 5.69 Å². The molecule has 0 saturated heterocycles. The average molecular weight is 359 g/mol. The lowest BCUT2D eigenvalue weighted by Crippen LogP contribution is -2.24. The van der Waals surface area contributed by atoms with Gasteiger partial charge in [-0.1, -0.05) is 41.1 Å². The van der Waals surface area contributed by atoms with Gasteiger partial charge < -0.3 is 5.32 Å². The number of carbonyl (C=O) groups excluding carboxylic acids is 1. The van der Waals surface area contributed by atoms with Crippen molar-refractivity contribution in [1.29, 1.82) is 0 Å². The van der Waals surface area contributed by atoms with Gasteiger partial charge in [-0.05, 0) is 37.6 Å². The number of amides is 1. The van der Waals surface area contributed by atoms with Crippen molar-refractivity contribution in [2.75, 3.05) is 0 Å². The van der Waals surface area contributed by atoms with E-state index in [1.54, 1.807) is 35.9 Å². The minimum Gasteiger partial charge on any atom is -0.346 e. The molecule has 25 heavy (non-hydrogen) atoms. The van der Waals surface area contributed by atoms with Gasteiger partial charge >= 0.3 is 0 Å². The van der Waals surface area contributed by atoms with Crippen LogP contribution in [0.1, 0.15) is 27.3 Å². The second-order valence-corrected chi connectivity index (χ2v) is 6.05. The Morgan fingerprint density at radius 1 is 1.24 bits per heavy atom. The van der Waals surface area contributed by atoms with Gasteiger partial charge in [0.05, 0.1) is 11.4 Å². The molecule has 3 rings (SSSR count). The summed E-state index contributed by atoms with van der Waals surface area (Å²) in [6, 6.07) is 11.8. The van der Waals surface area contributed by atoms with Crippen LogP contribution in [0.2, 0.25) is 5.02 Å². The van der Waals surface area contributed by atoms with E-state index in [0.29, 0.717) is 22.0 Å². The number of nitrogens with zero attached hydrogens (tertiary/aromatic N) is 3. The molecule has 5 nitrogen and oxygen atoms in total. The first kappa shape index (κ1) is 17.1. The van der Waals surface area contributed by atoms with Crippen molar-refractivity contribution in [2.45, 2.75) is 20.4 Å². The molecule has 0 radical (unpaired) electrons. The van der Waals surface area contributed by atoms with Gasteiger partial charge in [0.25, 0.3) is 5.91 Å². The van der Waals surface area contributed by atoms with Crippen LogP contribution in [0.15, 0.2) is 42.5 Å². The molecule has 0 aliphatic rings. The smallest absolute Gasteiger partial charge is 0.274 e. The predicted molar refractivity (Wildman–Crippen MR) is 93.4 cm³/mol. The molecule has 0 spiro atoms. The topological polar surface area (TPSA) is 59.8 Å². The van der Waals surface area contributed by atoms with E-state index in [-0.39, 0.29) is 18.1 Å². The molecule has 1 heterocycles. The summed E-state index contributed by atoms with van der Waals surface area (Å²) in [7, 11) is 0. The molecule has 0 saturated carbocycles. The summed E-state index contributed by atoms with van der Waals surface area (Å²) >= 11 is 6.14. The first-order valence-corrected chi connectivity index (χ1v) is 8.05. The highest BCUT2D eigenvalue weighted by Crippen LogP contribution is 2.20. The number of hydrogen-bond acceptors (Lipinski definition) is 3. The Labute approximate surface area is 149 Å². The molecule has 0 aliphatic carbocycles. The number of nitrogens with one attached hydrogen (secondary N) is 1. The molecule has 1 N–H and O–H groups in total. The fraction of sp³-hybridized carbons (Fsp3) is 0.167. The molecule has 1 aromatic heterocycles. The van der Waals surface area contributed by atoms with Gasteiger partial charge in [-0.3, -0.25) is 4.79 Å². The Kier molecular flexibility index (Phi) is 4.81. The molecule has 0 bridgehead atoms. The third kappa shape index (κ3) is 3.53. The molecule has 1 amide bonds. The fourth-order valence-electron chi connectivity index (χ4n) is 2.40. The standard InChI is InChI=1S/C18H16ClFN4O/c1-11-7-8-14(9-15(11)19)24-12(2)17(22-23-24)18(25)21-10-13-5-3-4-6-16(13)20/h3-9H,10H2,1-2H3,(H,21,25). The van der Waals surface area contributed by atoms with Crippen molar-refractivity contribution in [3.63, 3.8) is 0 Å². The summed E-state index contributed by atoms with van der Waals surface area (Å²) in [5, 5.41) is 11.2. The number of carbonyl (C=O) groups is 1. The zero-order valence-corrected chi connectivity index (χ0v) is 14.5. The second-order valence-electron chi connectivity index (χ2n) is 5.64. The summed E-state index contributed by atoms with van der Waals surface area (Å²) in [5.41, 5.74) is 2.84. The SMILES string of the molecule is Cc1ccc(-n2nnc(C(=O)NCc3ccccc3F)c2C)cc1Cl. The highest BCUT2D eigenvalue weighted by Gasteiger charge is 2.17. The number of aryl methyl sites for hydroxylation is 1. The van der Waals surface area contributed by atoms with Crippen LogP contribution in [0, 0.1) is 19.7 Å². The summed E-state index contributed by atoms with van der Waals surface area (Å²) < 4.78 is 15.2. The van der Waals surface area contributed by atoms with Crippen molar-refractivity contribution >= 4 is 17.5 Å². The van der Waals surface area contributed by atoms with E-state index in [2.05, 4.69) is 15.6 Å². The third-order valence-electron chi connectivity index (χ3n) is 3.91. The van der Waals surface area contributed by atoms with E-state index < -0.39 is 5.91 Å². The van der Waals surface area contributed by atoms with Crippen LogP contribution in [-0.2, 0) is 6.54 Å². The average Bonchev–Trinajstić information content (AvgIpc) is 2.98. The molecular weight excluding hydrogens is 343 g/mol. The van der Waals surface area contributed by atoms with Gasteiger partial charge in [0, 0.05) is 17.1 Å². The minimum absolute atomic E-state index is 0.0775. The minimum atomic E-state index is -0.412. The van der Waals surface area contributed by atoms with E-state index in [0.717, 1.165) is 5.56 Å². The third-order valence-corrected chi connectivity index (χ3v) is 4.31. The van der Waals surface area contributed by atoms with Crippen LogP contribution in [-0.4, -0.2) is 20.9 Å². The Balaban J connectivity index is 1.79. The monoisotopic (exact) mass is 358 g/mol. The summed E-state index contributed by atoms with van der Waals surface area (Å²) in [4.78, 5) is 12.3. The van der Waals surface area contributed by atoms with Gasteiger partial charge in [-0.2, -0.15) is 0 Å². The number of halogens is 2. The van der Waals surface area contributed by atoms with Crippen LogP contribution in [0.3, 0.4) is 0 Å². The van der Waals surface area contributed by atoms with Crippen LogP contribution < -0.4 is 5.32 Å². The van der Waals surface area contributed by atoms with Crippen LogP contribution >= 0.6 is 11.6 Å². The Morgan fingerprint density at radius 2 is 2.00 bits per heavy atom. The van der Waals surface area contributed by atoms with Crippen LogP contribution in [0.5, 0.6) is 0 Å². The number of rotatable bonds is 4. The molecule has 0 fully saturated rings. The molecule has 0 atom stereocenters. The van der Waals surface area contributed by atoms with Crippen LogP contribution in [0.4, 0.5) is 4.39 Å². The normalized spacial score (nSPS) is 10.7. The molecule has 2 aromatic carbocycles. The van der Waals surface area contributed by atoms with Crippen molar-refractivity contribution < 1.29 is 9.18 Å². The lowest BCUT2D eigenvalue weighted by molar-refractivity contribution is 0.0945. The molecule has 0 unspecified atom stereocenters. The summed E-state index contributed by atoms with van der Waals surface area (Å²) in [6.07, 6.45) is 0. The zero-order chi connectivity index (χ0) is 18.0. The largest absolute Gasteiger partial charge is 0.346 e. The lowest BCUT2D eigenvalue weighted by atomic mass is 10.2. The van der Waals surface area contributed by atoms with Crippen molar-refractivity contribution in [2.24, 2.45) is 0 Å². The van der Waals surface area contributed by atoms with E-state index in [1.807, 2.05) is 19.1 Å². The Hall–Kier alpha value is -2.73. The highest BCUT2D eigenvalue weighted by atomic mass is 35.5. The maximum absolute atomic E-state index is 13.6. The molecule has 3 aromatic rings. The first-order chi connectivity index (χ1) is 12.0. The van der Waals surface area contributed by atoms with E-state index in [9.17, 15) is 9.18 Å². The summed E-state index contributed by atoms with van der Waals surface area (Å²) in [5.74, 6) is -0.775. The second kappa shape index (κ2) is 7.03. The maximum atomic E-state index is 13.6. The van der Waals surface area contributed by atoms with Crippen molar-refractivity contribution in [1.82, 2.24) is 20.3 Å². The van der Waals surface area contributed by atoms with Crippen molar-refractivity contribution in [3.8, 4) is 5.69 Å². The van der Waals surface area contributed by atoms with E-state index in [1.165, 1.54) is 6.07 Å². The highest BCUT2D eigenvalue weighted by molar-refractivity contribution is 6.31. The van der Waals surface area contributed by atoms with Crippen molar-refractivity contribution in [3.05, 3.63) is 75.8 Å². The number of hydrogen-bond donors (Lipinski definition) is 1. The Morgan fingerprint density at radius 3 is 2.72 bits per heavy atom. The predicted octanol–water partition coefficient (Wildman–Crippen LogP) is 3.61. The molecular formula is C18H16ClFN4O. The first-order valence-electron chi connectivity index (χ1n) is 7.68. The zero-order valence-electron chi connectivity index (χ0n) is 13.8. The molecule has 128 valence electrons. The molecule has 0 aliphatic heterocycles. The quantitative estimate of drug-likeness (QED) is 0.775. The summed E-state index contributed by atoms with van der Waals surface area (Å²) in [6.45, 7) is 3.72. The van der Waals surface area contributed by atoms with Gasteiger partial charge in [-0.25, -0.2) is 9.07 Å². The Bertz CT molecular complexity index is 939. The van der Waals surface area contributed by atoms with Gasteiger partial charge in [-0.15, -0.1) is 5.10 Å². The van der Waals surface area contributed by atoms with Crippen LogP contribution in [0.25, 0.3) is 5.69 Å². The maximum Gasteiger partial charge on any atom is 0.274 e. The van der Waals surface area contributed by atoms with Gasteiger partial charge in [0.1, 0.15) is 5.82 Å². The number of aromatic nitrogens is 3. The molecule has 7 heteroatoms.